The zero-order chi connectivity index (χ0) is 14.1. The number of aromatic nitrogens is 2. The van der Waals surface area contributed by atoms with Crippen LogP contribution in [0.3, 0.4) is 0 Å². The molecule has 2 nitrogen and oxygen atoms in total. The molecule has 1 aliphatic carbocycles. The van der Waals surface area contributed by atoms with Crippen LogP contribution in [-0.4, -0.2) is 9.97 Å². The first kappa shape index (κ1) is 13.0. The summed E-state index contributed by atoms with van der Waals surface area (Å²) < 4.78 is 0. The normalized spacial score (nSPS) is 16.9. The van der Waals surface area contributed by atoms with Crippen molar-refractivity contribution in [2.24, 2.45) is 0 Å². The molecule has 2 heterocycles. The Hall–Kier alpha value is -1.96. The van der Waals surface area contributed by atoms with Crippen LogP contribution in [0.25, 0.3) is 11.4 Å². The Bertz CT molecular complexity index is 671. The third-order valence-corrected chi connectivity index (χ3v) is 3.70. The van der Waals surface area contributed by atoms with E-state index in [-0.39, 0.29) is 0 Å². The van der Waals surface area contributed by atoms with Gasteiger partial charge in [-0.3, -0.25) is 9.97 Å². The zero-order valence-corrected chi connectivity index (χ0v) is 12.4. The molecule has 3 rings (SSSR count). The number of nitrogens with zero attached hydrogens (tertiary/aromatic N) is 2. The Balaban J connectivity index is 1.92. The van der Waals surface area contributed by atoms with Crippen molar-refractivity contribution in [1.29, 1.82) is 0 Å². The van der Waals surface area contributed by atoms with Gasteiger partial charge in [0, 0.05) is 12.1 Å². The van der Waals surface area contributed by atoms with Gasteiger partial charge in [-0.15, -0.1) is 0 Å². The summed E-state index contributed by atoms with van der Waals surface area (Å²) in [5, 5.41) is 0. The molecular formula is C18H20N2. The summed E-state index contributed by atoms with van der Waals surface area (Å²) in [6, 6.07) is 8.43. The Morgan fingerprint density at radius 1 is 1.05 bits per heavy atom. The van der Waals surface area contributed by atoms with E-state index in [1.54, 1.807) is 0 Å². The Kier molecular flexibility index (Phi) is 3.39. The maximum atomic E-state index is 4.82. The van der Waals surface area contributed by atoms with Gasteiger partial charge < -0.3 is 0 Å². The van der Waals surface area contributed by atoms with E-state index in [0.29, 0.717) is 5.92 Å². The van der Waals surface area contributed by atoms with E-state index >= 15 is 0 Å². The number of aryl methyl sites for hydroxylation is 2. The highest BCUT2D eigenvalue weighted by Crippen LogP contribution is 2.41. The van der Waals surface area contributed by atoms with E-state index < -0.39 is 0 Å². The van der Waals surface area contributed by atoms with Crippen LogP contribution in [0.2, 0.25) is 0 Å². The minimum atomic E-state index is 0.471. The fourth-order valence-corrected chi connectivity index (χ4v) is 2.63. The summed E-state index contributed by atoms with van der Waals surface area (Å²) in [5.74, 6) is 0.471. The monoisotopic (exact) mass is 264 g/mol. The van der Waals surface area contributed by atoms with Gasteiger partial charge in [-0.2, -0.15) is 0 Å². The van der Waals surface area contributed by atoms with Crippen molar-refractivity contribution in [2.75, 3.05) is 0 Å². The quantitative estimate of drug-likeness (QED) is 0.755. The smallest absolute Gasteiger partial charge is 0.0892 e. The summed E-state index contributed by atoms with van der Waals surface area (Å²) in [5.41, 5.74) is 7.13. The van der Waals surface area contributed by atoms with Crippen molar-refractivity contribution in [2.45, 2.75) is 39.5 Å². The van der Waals surface area contributed by atoms with Gasteiger partial charge in [-0.25, -0.2) is 0 Å². The van der Waals surface area contributed by atoms with Crippen LogP contribution in [0.15, 0.2) is 42.1 Å². The van der Waals surface area contributed by atoms with Crippen LogP contribution in [0, 0.1) is 13.8 Å². The minimum absolute atomic E-state index is 0.471. The second-order valence-corrected chi connectivity index (χ2v) is 5.64. The average molecular weight is 264 g/mol. The number of pyridine rings is 2. The molecule has 0 saturated carbocycles. The fraction of sp³-hybridized carbons (Fsp3) is 0.333. The number of rotatable bonds is 4. The summed E-state index contributed by atoms with van der Waals surface area (Å²) >= 11 is 0. The van der Waals surface area contributed by atoms with Crippen molar-refractivity contribution < 1.29 is 0 Å². The van der Waals surface area contributed by atoms with Crippen LogP contribution in [0.5, 0.6) is 0 Å². The zero-order valence-electron chi connectivity index (χ0n) is 12.4. The molecule has 1 aliphatic rings. The lowest BCUT2D eigenvalue weighted by atomic mass is 10.1. The first-order chi connectivity index (χ1) is 9.67. The summed E-state index contributed by atoms with van der Waals surface area (Å²) in [6.45, 7) is 6.44. The van der Waals surface area contributed by atoms with Gasteiger partial charge in [0.1, 0.15) is 0 Å². The first-order valence-corrected chi connectivity index (χ1v) is 7.29. The summed E-state index contributed by atoms with van der Waals surface area (Å²) in [7, 11) is 0. The molecule has 0 fully saturated rings. The lowest BCUT2D eigenvalue weighted by molar-refractivity contribution is 0.891. The molecule has 2 heteroatoms. The highest BCUT2D eigenvalue weighted by Gasteiger charge is 2.27. The molecule has 1 unspecified atom stereocenters. The van der Waals surface area contributed by atoms with Gasteiger partial charge in [0.15, 0.2) is 0 Å². The molecule has 1 atom stereocenters. The molecule has 0 amide bonds. The number of hydrogen-bond acceptors (Lipinski definition) is 2. The SMILES string of the molecule is CCCC1=CC1c1cc(C)cc(-c2cc(C)ccn2)n1. The Morgan fingerprint density at radius 2 is 1.85 bits per heavy atom. The van der Waals surface area contributed by atoms with Crippen molar-refractivity contribution in [3.63, 3.8) is 0 Å². The second kappa shape index (κ2) is 5.20. The minimum Gasteiger partial charge on any atom is -0.255 e. The molecule has 0 bridgehead atoms. The molecule has 102 valence electrons. The van der Waals surface area contributed by atoms with Crippen LogP contribution >= 0.6 is 0 Å². The lowest BCUT2D eigenvalue weighted by Gasteiger charge is -2.07. The van der Waals surface area contributed by atoms with Gasteiger partial charge in [-0.1, -0.05) is 25.0 Å². The first-order valence-electron chi connectivity index (χ1n) is 7.29. The summed E-state index contributed by atoms with van der Waals surface area (Å²) in [4.78, 5) is 9.27. The van der Waals surface area contributed by atoms with E-state index in [4.69, 9.17) is 4.98 Å². The number of hydrogen-bond donors (Lipinski definition) is 0. The molecule has 0 N–H and O–H groups in total. The average Bonchev–Trinajstić information content (AvgIpc) is 3.18. The molecule has 2 aromatic rings. The van der Waals surface area contributed by atoms with Crippen LogP contribution < -0.4 is 0 Å². The molecule has 0 radical (unpaired) electrons. The van der Waals surface area contributed by atoms with Crippen LogP contribution in [0.1, 0.15) is 42.5 Å². The largest absolute Gasteiger partial charge is 0.255 e. The van der Waals surface area contributed by atoms with Crippen molar-refractivity contribution in [3.8, 4) is 11.4 Å². The topological polar surface area (TPSA) is 25.8 Å². The maximum absolute atomic E-state index is 4.82. The van der Waals surface area contributed by atoms with Crippen molar-refractivity contribution in [3.05, 3.63) is 58.9 Å². The molecule has 0 aromatic carbocycles. The Morgan fingerprint density at radius 3 is 2.60 bits per heavy atom. The van der Waals surface area contributed by atoms with Crippen LogP contribution in [-0.2, 0) is 0 Å². The van der Waals surface area contributed by atoms with Gasteiger partial charge in [-0.05, 0) is 55.7 Å². The Labute approximate surface area is 120 Å². The molecule has 0 saturated heterocycles. The predicted octanol–water partition coefficient (Wildman–Crippen LogP) is 4.58. The van der Waals surface area contributed by atoms with E-state index in [9.17, 15) is 0 Å². The fourth-order valence-electron chi connectivity index (χ4n) is 2.63. The highest BCUT2D eigenvalue weighted by molar-refractivity contribution is 5.57. The van der Waals surface area contributed by atoms with E-state index in [1.807, 2.05) is 12.3 Å². The predicted molar refractivity (Wildman–Crippen MR) is 82.7 cm³/mol. The third kappa shape index (κ3) is 2.64. The van der Waals surface area contributed by atoms with Crippen molar-refractivity contribution in [1.82, 2.24) is 9.97 Å². The standard InChI is InChI=1S/C18H20N2/c1-4-5-14-11-15(14)16-9-13(3)10-18(20-16)17-8-12(2)6-7-19-17/h6-11,15H,4-5H2,1-3H3. The second-order valence-electron chi connectivity index (χ2n) is 5.64. The molecule has 20 heavy (non-hydrogen) atoms. The highest BCUT2D eigenvalue weighted by atomic mass is 14.8. The lowest BCUT2D eigenvalue weighted by Crippen LogP contribution is -1.96. The van der Waals surface area contributed by atoms with E-state index in [0.717, 1.165) is 11.4 Å². The molecule has 0 spiro atoms. The van der Waals surface area contributed by atoms with E-state index in [1.165, 1.54) is 35.2 Å². The maximum Gasteiger partial charge on any atom is 0.0892 e. The molecule has 2 aromatic heterocycles. The van der Waals surface area contributed by atoms with E-state index in [2.05, 4.69) is 50.0 Å². The van der Waals surface area contributed by atoms with Crippen molar-refractivity contribution >= 4 is 0 Å². The van der Waals surface area contributed by atoms with Gasteiger partial charge in [0.05, 0.1) is 17.1 Å². The molecule has 0 aliphatic heterocycles. The summed E-state index contributed by atoms with van der Waals surface area (Å²) in [6.07, 6.45) is 6.59. The third-order valence-electron chi connectivity index (χ3n) is 3.70. The van der Waals surface area contributed by atoms with Crippen LogP contribution in [0.4, 0.5) is 0 Å². The number of allylic oxidation sites excluding steroid dienone is 2. The van der Waals surface area contributed by atoms with Gasteiger partial charge in [0.2, 0.25) is 0 Å². The molecular weight excluding hydrogens is 244 g/mol. The van der Waals surface area contributed by atoms with Gasteiger partial charge in [0.25, 0.3) is 0 Å². The van der Waals surface area contributed by atoms with Gasteiger partial charge >= 0.3 is 0 Å².